The van der Waals surface area contributed by atoms with E-state index in [-0.39, 0.29) is 18.8 Å². The van der Waals surface area contributed by atoms with E-state index in [1.54, 1.807) is 11.4 Å². The molecule has 8 heteroatoms. The summed E-state index contributed by atoms with van der Waals surface area (Å²) in [5, 5.41) is 4.21. The first-order chi connectivity index (χ1) is 10.7. The maximum absolute atomic E-state index is 11.2. The van der Waals surface area contributed by atoms with Crippen molar-refractivity contribution in [1.29, 1.82) is 0 Å². The maximum atomic E-state index is 11.2. The van der Waals surface area contributed by atoms with Gasteiger partial charge in [0.2, 0.25) is 0 Å². The van der Waals surface area contributed by atoms with Crippen molar-refractivity contribution >= 4 is 17.5 Å². The summed E-state index contributed by atoms with van der Waals surface area (Å²) < 4.78 is 17.4. The molecule has 2 aromatic rings. The van der Waals surface area contributed by atoms with Crippen molar-refractivity contribution in [3.05, 3.63) is 24.2 Å². The summed E-state index contributed by atoms with van der Waals surface area (Å²) in [5.41, 5.74) is 7.50. The Kier molecular flexibility index (Phi) is 4.10. The molecule has 1 aliphatic rings. The molecule has 118 valence electrons. The minimum absolute atomic E-state index is 0.104. The number of carbonyl (C=O) groups is 1. The van der Waals surface area contributed by atoms with Crippen molar-refractivity contribution in [2.24, 2.45) is 0 Å². The van der Waals surface area contributed by atoms with Crippen LogP contribution in [0.15, 0.2) is 18.5 Å². The number of nitrogens with zero attached hydrogens (tertiary/aromatic N) is 3. The van der Waals surface area contributed by atoms with Crippen LogP contribution < -0.4 is 5.73 Å². The lowest BCUT2D eigenvalue weighted by molar-refractivity contribution is -0.0163. The lowest BCUT2D eigenvalue weighted by Gasteiger charge is -2.13. The van der Waals surface area contributed by atoms with E-state index in [1.807, 2.05) is 12.1 Å². The quantitative estimate of drug-likeness (QED) is 0.858. The molecule has 1 aliphatic heterocycles. The number of hydrogen-bond acceptors (Lipinski definition) is 7. The Morgan fingerprint density at radius 2 is 2.32 bits per heavy atom. The predicted molar refractivity (Wildman–Crippen MR) is 77.2 cm³/mol. The highest BCUT2D eigenvalue weighted by molar-refractivity contribution is 5.65. The van der Waals surface area contributed by atoms with Crippen molar-refractivity contribution in [2.45, 2.75) is 32.0 Å². The Morgan fingerprint density at radius 3 is 3.14 bits per heavy atom. The lowest BCUT2D eigenvalue weighted by Crippen LogP contribution is -2.19. The van der Waals surface area contributed by atoms with Gasteiger partial charge in [-0.2, -0.15) is 5.10 Å². The van der Waals surface area contributed by atoms with Crippen molar-refractivity contribution < 1.29 is 19.0 Å². The maximum Gasteiger partial charge on any atom is 0.508 e. The third kappa shape index (κ3) is 2.82. The van der Waals surface area contributed by atoms with Gasteiger partial charge in [0, 0.05) is 0 Å². The van der Waals surface area contributed by atoms with E-state index in [4.69, 9.17) is 19.9 Å². The fourth-order valence-corrected chi connectivity index (χ4v) is 2.58. The summed E-state index contributed by atoms with van der Waals surface area (Å²) in [6.45, 7) is 2.22. The Bertz CT molecular complexity index is 672. The van der Waals surface area contributed by atoms with Gasteiger partial charge >= 0.3 is 6.16 Å². The van der Waals surface area contributed by atoms with Crippen LogP contribution in [0.4, 0.5) is 10.6 Å². The smallest absolute Gasteiger partial charge is 0.435 e. The van der Waals surface area contributed by atoms with Crippen LogP contribution in [0.2, 0.25) is 0 Å². The third-order valence-electron chi connectivity index (χ3n) is 3.60. The number of nitrogen functional groups attached to an aromatic ring is 1. The number of aromatic nitrogens is 3. The van der Waals surface area contributed by atoms with E-state index in [0.717, 1.165) is 24.1 Å². The molecule has 0 amide bonds. The zero-order valence-electron chi connectivity index (χ0n) is 12.3. The molecule has 22 heavy (non-hydrogen) atoms. The molecule has 1 fully saturated rings. The van der Waals surface area contributed by atoms with Gasteiger partial charge in [-0.05, 0) is 31.9 Å². The first-order valence-corrected chi connectivity index (χ1v) is 7.22. The fourth-order valence-electron chi connectivity index (χ4n) is 2.58. The highest BCUT2D eigenvalue weighted by Crippen LogP contribution is 2.33. The molecule has 8 nitrogen and oxygen atoms in total. The minimum atomic E-state index is -0.664. The number of anilines is 1. The Balaban J connectivity index is 1.64. The molecule has 2 unspecified atom stereocenters. The Labute approximate surface area is 127 Å². The number of ether oxygens (including phenoxy) is 3. The van der Waals surface area contributed by atoms with Gasteiger partial charge in [-0.25, -0.2) is 14.3 Å². The fraction of sp³-hybridized carbons (Fsp3) is 0.500. The van der Waals surface area contributed by atoms with Gasteiger partial charge in [-0.1, -0.05) is 0 Å². The molecule has 0 aliphatic carbocycles. The SMILES string of the molecule is CCOC(=O)OCC1CCC(c2ccc3c(N)ncnn23)O1. The summed E-state index contributed by atoms with van der Waals surface area (Å²) in [5.74, 6) is 0.432. The topological polar surface area (TPSA) is 101 Å². The number of fused-ring (bicyclic) bond motifs is 1. The molecule has 3 heterocycles. The first kappa shape index (κ1) is 14.6. The summed E-state index contributed by atoms with van der Waals surface area (Å²) >= 11 is 0. The van der Waals surface area contributed by atoms with Crippen LogP contribution in [0.1, 0.15) is 31.6 Å². The Morgan fingerprint density at radius 1 is 1.45 bits per heavy atom. The molecule has 1 saturated heterocycles. The van der Waals surface area contributed by atoms with Crippen LogP contribution in [0.25, 0.3) is 5.52 Å². The van der Waals surface area contributed by atoms with Crippen molar-refractivity contribution in [2.75, 3.05) is 18.9 Å². The molecular weight excluding hydrogens is 288 g/mol. The van der Waals surface area contributed by atoms with Crippen molar-refractivity contribution in [3.8, 4) is 0 Å². The zero-order chi connectivity index (χ0) is 15.5. The number of hydrogen-bond donors (Lipinski definition) is 1. The molecule has 2 N–H and O–H groups in total. The summed E-state index contributed by atoms with van der Waals surface area (Å²) in [4.78, 5) is 15.1. The van der Waals surface area contributed by atoms with Gasteiger partial charge in [-0.3, -0.25) is 0 Å². The van der Waals surface area contributed by atoms with E-state index in [0.29, 0.717) is 12.4 Å². The van der Waals surface area contributed by atoms with Crippen LogP contribution in [0, 0.1) is 0 Å². The standard InChI is InChI=1S/C14H18N4O4/c1-2-20-14(19)21-7-9-3-6-12(22-9)10-4-5-11-13(15)16-8-17-18(10)11/h4-5,8-9,12H,2-3,6-7H2,1H3,(H2,15,16,17). The average Bonchev–Trinajstić information content (AvgIpc) is 3.12. The third-order valence-corrected chi connectivity index (χ3v) is 3.60. The van der Waals surface area contributed by atoms with Crippen LogP contribution in [-0.4, -0.2) is 40.1 Å². The molecule has 0 bridgehead atoms. The highest BCUT2D eigenvalue weighted by Gasteiger charge is 2.29. The van der Waals surface area contributed by atoms with Gasteiger partial charge in [0.05, 0.1) is 18.4 Å². The van der Waals surface area contributed by atoms with Crippen molar-refractivity contribution in [1.82, 2.24) is 14.6 Å². The number of nitrogens with two attached hydrogens (primary N) is 1. The van der Waals surface area contributed by atoms with Crippen LogP contribution in [0.3, 0.4) is 0 Å². The van der Waals surface area contributed by atoms with Gasteiger partial charge in [0.25, 0.3) is 0 Å². The summed E-state index contributed by atoms with van der Waals surface area (Å²) in [6, 6.07) is 3.80. The molecule has 2 atom stereocenters. The highest BCUT2D eigenvalue weighted by atomic mass is 16.7. The van der Waals surface area contributed by atoms with E-state index in [2.05, 4.69) is 10.1 Å². The molecule has 3 rings (SSSR count). The van der Waals surface area contributed by atoms with Gasteiger partial charge in [0.1, 0.15) is 24.6 Å². The second-order valence-corrected chi connectivity index (χ2v) is 5.02. The van der Waals surface area contributed by atoms with E-state index in [9.17, 15) is 4.79 Å². The minimum Gasteiger partial charge on any atom is -0.435 e. The summed E-state index contributed by atoms with van der Waals surface area (Å²) in [7, 11) is 0. The number of rotatable bonds is 4. The normalized spacial score (nSPS) is 21.1. The lowest BCUT2D eigenvalue weighted by atomic mass is 10.1. The molecule has 2 aromatic heterocycles. The molecule has 0 aromatic carbocycles. The average molecular weight is 306 g/mol. The van der Waals surface area contributed by atoms with E-state index >= 15 is 0 Å². The van der Waals surface area contributed by atoms with Gasteiger partial charge in [-0.15, -0.1) is 0 Å². The monoisotopic (exact) mass is 306 g/mol. The zero-order valence-corrected chi connectivity index (χ0v) is 12.3. The predicted octanol–water partition coefficient (Wildman–Crippen LogP) is 1.70. The van der Waals surface area contributed by atoms with E-state index in [1.165, 1.54) is 6.33 Å². The second kappa shape index (κ2) is 6.18. The largest absolute Gasteiger partial charge is 0.508 e. The number of carbonyl (C=O) groups excluding carboxylic acids is 1. The van der Waals surface area contributed by atoms with Crippen LogP contribution in [-0.2, 0) is 14.2 Å². The molecule has 0 spiro atoms. The van der Waals surface area contributed by atoms with Crippen molar-refractivity contribution in [3.63, 3.8) is 0 Å². The van der Waals surface area contributed by atoms with E-state index < -0.39 is 6.16 Å². The van der Waals surface area contributed by atoms with Gasteiger partial charge in [0.15, 0.2) is 5.82 Å². The molecule has 0 radical (unpaired) electrons. The Hall–Kier alpha value is -2.35. The molecule has 0 saturated carbocycles. The summed E-state index contributed by atoms with van der Waals surface area (Å²) in [6.07, 6.45) is 2.14. The van der Waals surface area contributed by atoms with Crippen LogP contribution in [0.5, 0.6) is 0 Å². The molecular formula is C14H18N4O4. The van der Waals surface area contributed by atoms with Crippen LogP contribution >= 0.6 is 0 Å². The second-order valence-electron chi connectivity index (χ2n) is 5.02. The first-order valence-electron chi connectivity index (χ1n) is 7.22. The van der Waals surface area contributed by atoms with Gasteiger partial charge < -0.3 is 19.9 Å².